The molecule has 96 valence electrons. The quantitative estimate of drug-likeness (QED) is 0.851. The topological polar surface area (TPSA) is 90.9 Å². The molecular weight excluding hydrogens is 276 g/mol. The lowest BCUT2D eigenvalue weighted by molar-refractivity contribution is 0.595. The van der Waals surface area contributed by atoms with E-state index >= 15 is 0 Å². The van der Waals surface area contributed by atoms with Gasteiger partial charge in [-0.15, -0.1) is 5.10 Å². The van der Waals surface area contributed by atoms with E-state index in [9.17, 15) is 8.42 Å². The van der Waals surface area contributed by atoms with E-state index in [2.05, 4.69) is 10.3 Å². The molecule has 0 atom stereocenters. The van der Waals surface area contributed by atoms with Gasteiger partial charge in [0.2, 0.25) is 0 Å². The van der Waals surface area contributed by atoms with Crippen LogP contribution < -0.4 is 5.73 Å². The third-order valence-corrected chi connectivity index (χ3v) is 4.23. The highest BCUT2D eigenvalue weighted by atomic mass is 35.5. The Labute approximate surface area is 109 Å². The van der Waals surface area contributed by atoms with Crippen molar-refractivity contribution in [1.82, 2.24) is 15.0 Å². The highest BCUT2D eigenvalue weighted by Crippen LogP contribution is 2.25. The summed E-state index contributed by atoms with van der Waals surface area (Å²) in [6.07, 6.45) is 1.54. The summed E-state index contributed by atoms with van der Waals surface area (Å²) < 4.78 is 25.8. The second-order valence-electron chi connectivity index (χ2n) is 3.82. The summed E-state index contributed by atoms with van der Waals surface area (Å²) in [5, 5.41) is 7.74. The molecule has 0 radical (unpaired) electrons. The van der Waals surface area contributed by atoms with Gasteiger partial charge in [0.1, 0.15) is 5.75 Å². The van der Waals surface area contributed by atoms with E-state index in [-0.39, 0.29) is 16.3 Å². The molecule has 2 rings (SSSR count). The van der Waals surface area contributed by atoms with Crippen molar-refractivity contribution < 1.29 is 8.42 Å². The highest BCUT2D eigenvalue weighted by Gasteiger charge is 2.20. The first-order chi connectivity index (χ1) is 8.38. The van der Waals surface area contributed by atoms with Gasteiger partial charge < -0.3 is 5.73 Å². The van der Waals surface area contributed by atoms with Crippen molar-refractivity contribution in [3.8, 4) is 0 Å². The van der Waals surface area contributed by atoms with Crippen molar-refractivity contribution in [2.75, 3.05) is 5.73 Å². The van der Waals surface area contributed by atoms with E-state index in [1.807, 2.05) is 0 Å². The lowest BCUT2D eigenvalue weighted by atomic mass is 10.3. The summed E-state index contributed by atoms with van der Waals surface area (Å²) in [4.78, 5) is 0.0145. The molecule has 2 aromatic rings. The molecule has 1 heterocycles. The van der Waals surface area contributed by atoms with Gasteiger partial charge in [0.05, 0.1) is 16.3 Å². The van der Waals surface area contributed by atoms with Crippen molar-refractivity contribution in [3.63, 3.8) is 0 Å². The zero-order valence-corrected chi connectivity index (χ0v) is 11.1. The Balaban J connectivity index is 2.39. The maximum absolute atomic E-state index is 12.2. The number of halogens is 1. The average molecular weight is 287 g/mol. The number of rotatable bonds is 3. The fourth-order valence-corrected chi connectivity index (χ4v) is 3.16. The zero-order chi connectivity index (χ0) is 13.3. The van der Waals surface area contributed by atoms with Gasteiger partial charge in [-0.3, -0.25) is 4.68 Å². The number of hydrogen-bond donors (Lipinski definition) is 1. The number of aryl methyl sites for hydroxylation is 1. The highest BCUT2D eigenvalue weighted by molar-refractivity contribution is 7.90. The molecule has 0 aliphatic carbocycles. The summed E-state index contributed by atoms with van der Waals surface area (Å²) in [6, 6.07) is 4.34. The predicted molar refractivity (Wildman–Crippen MR) is 67.8 cm³/mol. The number of nitrogens with zero attached hydrogens (tertiary/aromatic N) is 3. The van der Waals surface area contributed by atoms with Crippen LogP contribution in [0.4, 0.5) is 5.69 Å². The van der Waals surface area contributed by atoms with Gasteiger partial charge in [-0.25, -0.2) is 8.42 Å². The number of sulfone groups is 1. The van der Waals surface area contributed by atoms with Crippen LogP contribution in [0.1, 0.15) is 5.69 Å². The van der Waals surface area contributed by atoms with Crippen molar-refractivity contribution in [3.05, 3.63) is 35.1 Å². The number of nitrogens with two attached hydrogens (primary N) is 1. The Morgan fingerprint density at radius 1 is 1.44 bits per heavy atom. The van der Waals surface area contributed by atoms with Gasteiger partial charge in [0.25, 0.3) is 0 Å². The summed E-state index contributed by atoms with van der Waals surface area (Å²) in [5.41, 5.74) is 6.18. The molecule has 0 amide bonds. The van der Waals surface area contributed by atoms with Gasteiger partial charge in [0.15, 0.2) is 9.84 Å². The van der Waals surface area contributed by atoms with Crippen LogP contribution in [0.3, 0.4) is 0 Å². The molecule has 1 aromatic heterocycles. The van der Waals surface area contributed by atoms with Gasteiger partial charge in [-0.05, 0) is 18.2 Å². The van der Waals surface area contributed by atoms with Crippen molar-refractivity contribution in [2.45, 2.75) is 10.6 Å². The summed E-state index contributed by atoms with van der Waals surface area (Å²) in [5.74, 6) is -0.259. The number of benzene rings is 1. The molecule has 2 N–H and O–H groups in total. The number of hydrogen-bond acceptors (Lipinski definition) is 5. The van der Waals surface area contributed by atoms with E-state index in [1.54, 1.807) is 7.05 Å². The Morgan fingerprint density at radius 3 is 2.78 bits per heavy atom. The summed E-state index contributed by atoms with van der Waals surface area (Å²) in [7, 11) is -1.91. The van der Waals surface area contributed by atoms with Crippen LogP contribution in [0.15, 0.2) is 29.3 Å². The molecule has 0 aliphatic rings. The number of anilines is 1. The second-order valence-corrected chi connectivity index (χ2v) is 6.22. The van der Waals surface area contributed by atoms with E-state index in [1.165, 1.54) is 29.1 Å². The largest absolute Gasteiger partial charge is 0.398 e. The van der Waals surface area contributed by atoms with Crippen molar-refractivity contribution in [1.29, 1.82) is 0 Å². The molecule has 1 aromatic carbocycles. The SMILES string of the molecule is Cn1cc(CS(=O)(=O)c2cc(Cl)ccc2N)nn1. The molecule has 0 bridgehead atoms. The van der Waals surface area contributed by atoms with Crippen molar-refractivity contribution in [2.24, 2.45) is 7.05 Å². The van der Waals surface area contributed by atoms with Crippen LogP contribution in [0.25, 0.3) is 0 Å². The van der Waals surface area contributed by atoms with Crippen LogP contribution >= 0.6 is 11.6 Å². The van der Waals surface area contributed by atoms with E-state index in [0.717, 1.165) is 0 Å². The Morgan fingerprint density at radius 2 is 2.17 bits per heavy atom. The molecule has 8 heteroatoms. The summed E-state index contributed by atoms with van der Waals surface area (Å²) >= 11 is 5.78. The summed E-state index contributed by atoms with van der Waals surface area (Å²) in [6.45, 7) is 0. The Kier molecular flexibility index (Phi) is 3.27. The third-order valence-electron chi connectivity index (χ3n) is 2.30. The fraction of sp³-hybridized carbons (Fsp3) is 0.200. The van der Waals surface area contributed by atoms with Crippen LogP contribution in [-0.4, -0.2) is 23.4 Å². The second kappa shape index (κ2) is 4.58. The number of aromatic nitrogens is 3. The van der Waals surface area contributed by atoms with Crippen LogP contribution in [0.2, 0.25) is 5.02 Å². The fourth-order valence-electron chi connectivity index (χ4n) is 1.51. The predicted octanol–water partition coefficient (Wildman–Crippen LogP) is 1.02. The standard InChI is InChI=1S/C10H11ClN4O2S/c1-15-5-8(13-14-15)6-18(16,17)10-4-7(11)2-3-9(10)12/h2-5H,6,12H2,1H3. The van der Waals surface area contributed by atoms with Crippen molar-refractivity contribution >= 4 is 27.1 Å². The first-order valence-corrected chi connectivity index (χ1v) is 7.04. The first-order valence-electron chi connectivity index (χ1n) is 5.01. The molecule has 6 nitrogen and oxygen atoms in total. The minimum absolute atomic E-state index is 0.0145. The average Bonchev–Trinajstić information content (AvgIpc) is 2.66. The molecule has 0 aliphatic heterocycles. The normalized spacial score (nSPS) is 11.7. The number of nitrogen functional groups attached to an aromatic ring is 1. The first kappa shape index (κ1) is 12.8. The lowest BCUT2D eigenvalue weighted by Gasteiger charge is -2.06. The maximum atomic E-state index is 12.2. The molecule has 18 heavy (non-hydrogen) atoms. The molecular formula is C10H11ClN4O2S. The lowest BCUT2D eigenvalue weighted by Crippen LogP contribution is -2.08. The zero-order valence-electron chi connectivity index (χ0n) is 9.54. The maximum Gasteiger partial charge on any atom is 0.186 e. The Hall–Kier alpha value is -1.60. The van der Waals surface area contributed by atoms with Crippen LogP contribution in [-0.2, 0) is 22.6 Å². The third kappa shape index (κ3) is 2.62. The monoisotopic (exact) mass is 286 g/mol. The molecule has 0 saturated heterocycles. The van der Waals surface area contributed by atoms with E-state index in [0.29, 0.717) is 10.7 Å². The molecule has 0 unspecified atom stereocenters. The van der Waals surface area contributed by atoms with Gasteiger partial charge >= 0.3 is 0 Å². The van der Waals surface area contributed by atoms with Crippen LogP contribution in [0, 0.1) is 0 Å². The molecule has 0 fully saturated rings. The molecule has 0 saturated carbocycles. The van der Waals surface area contributed by atoms with Crippen LogP contribution in [0.5, 0.6) is 0 Å². The Bertz CT molecular complexity index is 681. The van der Waals surface area contributed by atoms with Gasteiger partial charge in [-0.1, -0.05) is 16.8 Å². The van der Waals surface area contributed by atoms with E-state index < -0.39 is 9.84 Å². The minimum atomic E-state index is -3.58. The smallest absolute Gasteiger partial charge is 0.186 e. The van der Waals surface area contributed by atoms with E-state index in [4.69, 9.17) is 17.3 Å². The van der Waals surface area contributed by atoms with Gasteiger partial charge in [0, 0.05) is 18.3 Å². The van der Waals surface area contributed by atoms with Gasteiger partial charge in [-0.2, -0.15) is 0 Å². The molecule has 0 spiro atoms. The minimum Gasteiger partial charge on any atom is -0.398 e.